The van der Waals surface area contributed by atoms with Crippen molar-refractivity contribution in [1.82, 2.24) is 19.5 Å². The summed E-state index contributed by atoms with van der Waals surface area (Å²) in [6.45, 7) is -0.336. The largest absolute Gasteiger partial charge is 0.394 e. The van der Waals surface area contributed by atoms with Crippen molar-refractivity contribution in [1.29, 1.82) is 5.26 Å². The minimum Gasteiger partial charge on any atom is -0.394 e. The van der Waals surface area contributed by atoms with Gasteiger partial charge in [0.25, 0.3) is 5.56 Å². The second kappa shape index (κ2) is 6.54. The fourth-order valence-corrected chi connectivity index (χ4v) is 2.64. The topological polar surface area (TPSA) is 172 Å². The molecule has 11 nitrogen and oxygen atoms in total. The Kier molecular flexibility index (Phi) is 4.45. The maximum Gasteiger partial charge on any atom is 0.280 e. The van der Waals surface area contributed by atoms with E-state index in [2.05, 4.69) is 15.0 Å². The van der Waals surface area contributed by atoms with Crippen molar-refractivity contribution in [3.8, 4) is 6.07 Å². The van der Waals surface area contributed by atoms with Crippen LogP contribution in [-0.2, 0) is 9.47 Å². The summed E-state index contributed by atoms with van der Waals surface area (Å²) < 4.78 is 12.6. The number of H-pyrrole nitrogens is 1. The van der Waals surface area contributed by atoms with Gasteiger partial charge >= 0.3 is 0 Å². The molecule has 1 aliphatic rings. The molecule has 1 unspecified atom stereocenters. The molecule has 0 spiro atoms. The van der Waals surface area contributed by atoms with E-state index >= 15 is 0 Å². The summed E-state index contributed by atoms with van der Waals surface area (Å²) in [7, 11) is 0. The molecule has 2 aromatic heterocycles. The molecular formula is C13H16N6O5. The van der Waals surface area contributed by atoms with Gasteiger partial charge < -0.3 is 25.4 Å². The second-order valence-corrected chi connectivity index (χ2v) is 5.26. The van der Waals surface area contributed by atoms with Gasteiger partial charge in [0.15, 0.2) is 17.4 Å². The van der Waals surface area contributed by atoms with Crippen LogP contribution in [0.1, 0.15) is 12.6 Å². The molecule has 0 radical (unpaired) electrons. The number of fused-ring (bicyclic) bond motifs is 1. The molecule has 128 valence electrons. The molecule has 11 heteroatoms. The number of nitrogens with two attached hydrogens (primary N) is 1. The summed E-state index contributed by atoms with van der Waals surface area (Å²) in [6.07, 6.45) is -2.28. The van der Waals surface area contributed by atoms with Crippen LogP contribution in [0.25, 0.3) is 11.2 Å². The third kappa shape index (κ3) is 2.72. The molecule has 24 heavy (non-hydrogen) atoms. The molecule has 0 aromatic carbocycles. The lowest BCUT2D eigenvalue weighted by Crippen LogP contribution is -2.35. The maximum absolute atomic E-state index is 11.9. The standard InChI is InChI=1S/C13H16N6O5/c14-2-1-3-23-9-8(21)6(4-20)24-12(9)19-5-16-7-10(19)17-13(15)18-11(7)22/h5-6,8-9,12,20-21H,1,3-4H2,(H3,15,17,18,22)/t6-,8?,9+,12-/m1/s1. The number of nitrogen functional groups attached to an aromatic ring is 1. The Balaban J connectivity index is 1.99. The van der Waals surface area contributed by atoms with Crippen molar-refractivity contribution in [3.63, 3.8) is 0 Å². The molecule has 1 fully saturated rings. The number of hydrogen-bond acceptors (Lipinski definition) is 9. The Morgan fingerprint density at radius 1 is 1.58 bits per heavy atom. The smallest absolute Gasteiger partial charge is 0.280 e. The number of nitrogens with zero attached hydrogens (tertiary/aromatic N) is 4. The number of nitrogens with one attached hydrogen (secondary N) is 1. The van der Waals surface area contributed by atoms with E-state index in [0.29, 0.717) is 0 Å². The van der Waals surface area contributed by atoms with Crippen molar-refractivity contribution in [2.45, 2.75) is 31.0 Å². The summed E-state index contributed by atoms with van der Waals surface area (Å²) in [5.41, 5.74) is 5.28. The molecule has 2 aromatic rings. The Hall–Kier alpha value is -2.52. The number of aliphatic hydroxyl groups excluding tert-OH is 2. The van der Waals surface area contributed by atoms with E-state index < -0.39 is 36.7 Å². The van der Waals surface area contributed by atoms with Crippen molar-refractivity contribution < 1.29 is 19.7 Å². The monoisotopic (exact) mass is 336 g/mol. The number of nitriles is 1. The van der Waals surface area contributed by atoms with E-state index in [1.165, 1.54) is 10.9 Å². The number of anilines is 1. The number of aromatic amines is 1. The van der Waals surface area contributed by atoms with Crippen LogP contribution in [0.5, 0.6) is 0 Å². The number of aromatic nitrogens is 4. The zero-order valence-electron chi connectivity index (χ0n) is 12.5. The van der Waals surface area contributed by atoms with Gasteiger partial charge in [0.05, 0.1) is 32.0 Å². The van der Waals surface area contributed by atoms with Gasteiger partial charge in [0, 0.05) is 0 Å². The normalized spacial score (nSPS) is 26.7. The molecule has 3 rings (SSSR count). The van der Waals surface area contributed by atoms with Crippen LogP contribution in [0.4, 0.5) is 5.95 Å². The average molecular weight is 336 g/mol. The van der Waals surface area contributed by atoms with Crippen LogP contribution in [-0.4, -0.2) is 61.3 Å². The molecule has 4 atom stereocenters. The van der Waals surface area contributed by atoms with E-state index in [9.17, 15) is 15.0 Å². The van der Waals surface area contributed by atoms with E-state index in [-0.39, 0.29) is 30.1 Å². The predicted molar refractivity (Wildman–Crippen MR) is 79.5 cm³/mol. The van der Waals surface area contributed by atoms with Crippen LogP contribution >= 0.6 is 0 Å². The van der Waals surface area contributed by atoms with Crippen molar-refractivity contribution in [2.75, 3.05) is 18.9 Å². The zero-order chi connectivity index (χ0) is 17.3. The predicted octanol–water partition coefficient (Wildman–Crippen LogP) is -1.75. The molecule has 0 aliphatic carbocycles. The molecular weight excluding hydrogens is 320 g/mol. The quantitative estimate of drug-likeness (QED) is 0.462. The fraction of sp³-hybridized carbons (Fsp3) is 0.538. The van der Waals surface area contributed by atoms with Gasteiger partial charge in [-0.1, -0.05) is 0 Å². The minimum atomic E-state index is -1.12. The van der Waals surface area contributed by atoms with Gasteiger partial charge in [-0.2, -0.15) is 10.2 Å². The van der Waals surface area contributed by atoms with Gasteiger partial charge in [0.2, 0.25) is 5.95 Å². The number of rotatable bonds is 5. The molecule has 0 bridgehead atoms. The van der Waals surface area contributed by atoms with Crippen molar-refractivity contribution in [3.05, 3.63) is 16.7 Å². The summed E-state index contributed by atoms with van der Waals surface area (Å²) in [4.78, 5) is 22.2. The van der Waals surface area contributed by atoms with E-state index in [0.717, 1.165) is 0 Å². The van der Waals surface area contributed by atoms with Crippen molar-refractivity contribution >= 4 is 17.1 Å². The van der Waals surface area contributed by atoms with Crippen molar-refractivity contribution in [2.24, 2.45) is 0 Å². The number of aliphatic hydroxyl groups is 2. The molecule has 5 N–H and O–H groups in total. The second-order valence-electron chi connectivity index (χ2n) is 5.26. The Labute approximate surface area is 135 Å². The number of hydrogen-bond donors (Lipinski definition) is 4. The molecule has 0 amide bonds. The van der Waals surface area contributed by atoms with Gasteiger partial charge in [-0.3, -0.25) is 14.3 Å². The van der Waals surface area contributed by atoms with Crippen LogP contribution in [0, 0.1) is 11.3 Å². The van der Waals surface area contributed by atoms with Crippen LogP contribution in [0.15, 0.2) is 11.1 Å². The van der Waals surface area contributed by atoms with Gasteiger partial charge in [-0.15, -0.1) is 0 Å². The lowest BCUT2D eigenvalue weighted by atomic mass is 10.1. The van der Waals surface area contributed by atoms with Crippen LogP contribution in [0.3, 0.4) is 0 Å². The van der Waals surface area contributed by atoms with Gasteiger partial charge in [0.1, 0.15) is 18.3 Å². The highest BCUT2D eigenvalue weighted by Gasteiger charge is 2.45. The molecule has 1 aliphatic heterocycles. The summed E-state index contributed by atoms with van der Waals surface area (Å²) in [5, 5.41) is 28.2. The van der Waals surface area contributed by atoms with E-state index in [4.69, 9.17) is 20.5 Å². The first-order chi connectivity index (χ1) is 11.6. The van der Waals surface area contributed by atoms with Crippen LogP contribution < -0.4 is 11.3 Å². The molecule has 1 saturated heterocycles. The lowest BCUT2D eigenvalue weighted by Gasteiger charge is -2.21. The number of ether oxygens (including phenoxy) is 2. The first-order valence-corrected chi connectivity index (χ1v) is 7.22. The van der Waals surface area contributed by atoms with E-state index in [1.54, 1.807) is 0 Å². The average Bonchev–Trinajstić information content (AvgIpc) is 3.09. The molecule has 3 heterocycles. The Morgan fingerprint density at radius 3 is 3.08 bits per heavy atom. The number of imidazole rings is 1. The van der Waals surface area contributed by atoms with E-state index in [1.807, 2.05) is 6.07 Å². The lowest BCUT2D eigenvalue weighted by molar-refractivity contribution is -0.0693. The summed E-state index contributed by atoms with van der Waals surface area (Å²) in [5.74, 6) is -0.0894. The highest BCUT2D eigenvalue weighted by Crippen LogP contribution is 2.33. The highest BCUT2D eigenvalue weighted by atomic mass is 16.6. The fourth-order valence-electron chi connectivity index (χ4n) is 2.64. The maximum atomic E-state index is 11.9. The minimum absolute atomic E-state index is 0.0607. The Morgan fingerprint density at radius 2 is 2.38 bits per heavy atom. The third-order valence-electron chi connectivity index (χ3n) is 3.74. The van der Waals surface area contributed by atoms with Gasteiger partial charge in [-0.25, -0.2) is 4.98 Å². The van der Waals surface area contributed by atoms with Crippen LogP contribution in [0.2, 0.25) is 0 Å². The van der Waals surface area contributed by atoms with Gasteiger partial charge in [-0.05, 0) is 0 Å². The summed E-state index contributed by atoms with van der Waals surface area (Å²) >= 11 is 0. The third-order valence-corrected chi connectivity index (χ3v) is 3.74. The summed E-state index contributed by atoms with van der Waals surface area (Å²) in [6, 6.07) is 1.94. The first kappa shape index (κ1) is 16.3. The molecule has 0 saturated carbocycles. The highest BCUT2D eigenvalue weighted by molar-refractivity contribution is 5.70. The SMILES string of the molecule is N#CCCO[C@H]1C(O)[C@@H](CO)O[C@H]1n1cnc2c(=O)[nH]c(N)nc21. The first-order valence-electron chi connectivity index (χ1n) is 7.22. The zero-order valence-corrected chi connectivity index (χ0v) is 12.5. The Bertz CT molecular complexity index is 826.